The van der Waals surface area contributed by atoms with Gasteiger partial charge < -0.3 is 15.0 Å². The van der Waals surface area contributed by atoms with Gasteiger partial charge in [-0.25, -0.2) is 4.98 Å². The molecule has 0 aliphatic heterocycles. The molecule has 27 heavy (non-hydrogen) atoms. The minimum Gasteiger partial charge on any atom is -0.497 e. The lowest BCUT2D eigenvalue weighted by Crippen LogP contribution is -2.35. The van der Waals surface area contributed by atoms with Crippen LogP contribution in [0.5, 0.6) is 5.75 Å². The molecule has 0 bridgehead atoms. The first-order valence-electron chi connectivity index (χ1n) is 8.57. The number of benzene rings is 2. The van der Waals surface area contributed by atoms with Gasteiger partial charge in [0.2, 0.25) is 11.8 Å². The van der Waals surface area contributed by atoms with Crippen LogP contribution < -0.4 is 10.1 Å². The van der Waals surface area contributed by atoms with Crippen LogP contribution in [0, 0.1) is 0 Å². The van der Waals surface area contributed by atoms with Crippen molar-refractivity contribution in [3.05, 3.63) is 53.5 Å². The number of para-hydroxylation sites is 1. The lowest BCUT2D eigenvalue weighted by atomic mass is 10.2. The van der Waals surface area contributed by atoms with Crippen LogP contribution in [0.1, 0.15) is 11.4 Å². The minimum absolute atomic E-state index is 0.00467. The number of methoxy groups -OCH3 is 1. The van der Waals surface area contributed by atoms with Gasteiger partial charge in [-0.1, -0.05) is 12.1 Å². The van der Waals surface area contributed by atoms with Crippen molar-refractivity contribution in [1.29, 1.82) is 0 Å². The molecule has 7 heteroatoms. The van der Waals surface area contributed by atoms with E-state index in [-0.39, 0.29) is 18.4 Å². The number of nitrogens with zero attached hydrogens (tertiary/aromatic N) is 2. The number of carbonyl (C=O) groups excluding carboxylic acids is 2. The Morgan fingerprint density at radius 3 is 2.59 bits per heavy atom. The smallest absolute Gasteiger partial charge is 0.243 e. The molecule has 0 fully saturated rings. The quantitative estimate of drug-likeness (QED) is 0.679. The average Bonchev–Trinajstić information content (AvgIpc) is 3.09. The molecular formula is C20H21N3O3S. The first kappa shape index (κ1) is 18.8. The number of amides is 2. The standard InChI is InChI=1S/C20H21N3O3S/c1-23(13-18(24)21-14-7-9-15(26-2)10-8-14)20(25)12-11-19-22-16-5-3-4-6-17(16)27-19/h3-10H,11-13H2,1-2H3,(H,21,24). The number of ether oxygens (including phenoxy) is 1. The molecule has 140 valence electrons. The van der Waals surface area contributed by atoms with Crippen molar-refractivity contribution in [1.82, 2.24) is 9.88 Å². The second kappa shape index (κ2) is 8.64. The number of aromatic nitrogens is 1. The Kier molecular flexibility index (Phi) is 6.03. The number of hydrogen-bond acceptors (Lipinski definition) is 5. The number of anilines is 1. The number of likely N-dealkylation sites (N-methyl/N-ethyl adjacent to an activating group) is 1. The number of thiazole rings is 1. The van der Waals surface area contributed by atoms with Crippen LogP contribution in [-0.4, -0.2) is 42.4 Å². The second-order valence-corrected chi connectivity index (χ2v) is 7.22. The van der Waals surface area contributed by atoms with E-state index in [0.717, 1.165) is 21.0 Å². The Bertz CT molecular complexity index is 904. The van der Waals surface area contributed by atoms with Crippen molar-refractivity contribution in [3.63, 3.8) is 0 Å². The molecule has 2 aromatic carbocycles. The van der Waals surface area contributed by atoms with Crippen LogP contribution >= 0.6 is 11.3 Å². The maximum atomic E-state index is 12.3. The Labute approximate surface area is 161 Å². The van der Waals surface area contributed by atoms with E-state index in [1.54, 1.807) is 49.8 Å². The molecule has 0 spiro atoms. The number of fused-ring (bicyclic) bond motifs is 1. The average molecular weight is 383 g/mol. The van der Waals surface area contributed by atoms with Crippen LogP contribution in [0.3, 0.4) is 0 Å². The summed E-state index contributed by atoms with van der Waals surface area (Å²) in [6.45, 7) is 0.00467. The van der Waals surface area contributed by atoms with Crippen LogP contribution in [-0.2, 0) is 16.0 Å². The molecule has 0 unspecified atom stereocenters. The van der Waals surface area contributed by atoms with E-state index in [1.165, 1.54) is 4.90 Å². The van der Waals surface area contributed by atoms with Crippen molar-refractivity contribution in [2.45, 2.75) is 12.8 Å². The molecule has 0 aliphatic rings. The largest absolute Gasteiger partial charge is 0.497 e. The zero-order valence-corrected chi connectivity index (χ0v) is 16.1. The van der Waals surface area contributed by atoms with Gasteiger partial charge in [0, 0.05) is 25.6 Å². The van der Waals surface area contributed by atoms with Crippen molar-refractivity contribution in [2.24, 2.45) is 0 Å². The van der Waals surface area contributed by atoms with Crippen molar-refractivity contribution in [2.75, 3.05) is 26.0 Å². The fourth-order valence-corrected chi connectivity index (χ4v) is 3.58. The molecule has 0 saturated heterocycles. The fourth-order valence-electron chi connectivity index (χ4n) is 2.61. The Hall–Kier alpha value is -2.93. The third-order valence-electron chi connectivity index (χ3n) is 4.07. The molecule has 6 nitrogen and oxygen atoms in total. The number of aryl methyl sites for hydroxylation is 1. The maximum absolute atomic E-state index is 12.3. The predicted octanol–water partition coefficient (Wildman–Crippen LogP) is 3.33. The summed E-state index contributed by atoms with van der Waals surface area (Å²) >= 11 is 1.60. The molecule has 0 radical (unpaired) electrons. The number of hydrogen-bond donors (Lipinski definition) is 1. The van der Waals surface area contributed by atoms with Gasteiger partial charge in [-0.3, -0.25) is 9.59 Å². The van der Waals surface area contributed by atoms with E-state index in [9.17, 15) is 9.59 Å². The first-order chi connectivity index (χ1) is 13.0. The van der Waals surface area contributed by atoms with Crippen LogP contribution in [0.4, 0.5) is 5.69 Å². The highest BCUT2D eigenvalue weighted by Gasteiger charge is 2.14. The summed E-state index contributed by atoms with van der Waals surface area (Å²) in [5, 5.41) is 3.70. The minimum atomic E-state index is -0.240. The third-order valence-corrected chi connectivity index (χ3v) is 5.17. The van der Waals surface area contributed by atoms with Crippen molar-refractivity contribution in [3.8, 4) is 5.75 Å². The van der Waals surface area contributed by atoms with E-state index in [4.69, 9.17) is 4.74 Å². The second-order valence-electron chi connectivity index (χ2n) is 6.10. The van der Waals surface area contributed by atoms with Gasteiger partial charge in [-0.2, -0.15) is 0 Å². The molecule has 0 saturated carbocycles. The summed E-state index contributed by atoms with van der Waals surface area (Å²) in [5.74, 6) is 0.394. The molecule has 0 atom stereocenters. The van der Waals surface area contributed by atoms with Gasteiger partial charge in [0.15, 0.2) is 0 Å². The van der Waals surface area contributed by atoms with E-state index in [1.807, 2.05) is 24.3 Å². The summed E-state index contributed by atoms with van der Waals surface area (Å²) in [6, 6.07) is 15.0. The normalized spacial score (nSPS) is 10.6. The summed E-state index contributed by atoms with van der Waals surface area (Å²) in [7, 11) is 3.22. The molecule has 0 aliphatic carbocycles. The number of nitrogens with one attached hydrogen (secondary N) is 1. The number of carbonyl (C=O) groups is 2. The molecule has 1 N–H and O–H groups in total. The molecule has 3 rings (SSSR count). The summed E-state index contributed by atoms with van der Waals surface area (Å²) < 4.78 is 6.20. The van der Waals surface area contributed by atoms with Gasteiger partial charge in [0.05, 0.1) is 28.9 Å². The molecule has 1 aromatic heterocycles. The predicted molar refractivity (Wildman–Crippen MR) is 107 cm³/mol. The highest BCUT2D eigenvalue weighted by Crippen LogP contribution is 2.22. The zero-order chi connectivity index (χ0) is 19.2. The molecule has 3 aromatic rings. The van der Waals surface area contributed by atoms with E-state index in [0.29, 0.717) is 18.5 Å². The van der Waals surface area contributed by atoms with Gasteiger partial charge in [-0.05, 0) is 36.4 Å². The van der Waals surface area contributed by atoms with Crippen LogP contribution in [0.15, 0.2) is 48.5 Å². The zero-order valence-electron chi connectivity index (χ0n) is 15.3. The summed E-state index contributed by atoms with van der Waals surface area (Å²) in [6.07, 6.45) is 0.898. The van der Waals surface area contributed by atoms with E-state index in [2.05, 4.69) is 10.3 Å². The van der Waals surface area contributed by atoms with Gasteiger partial charge in [-0.15, -0.1) is 11.3 Å². The summed E-state index contributed by atoms with van der Waals surface area (Å²) in [4.78, 5) is 30.4. The topological polar surface area (TPSA) is 71.5 Å². The van der Waals surface area contributed by atoms with Gasteiger partial charge in [0.25, 0.3) is 0 Å². The van der Waals surface area contributed by atoms with Crippen molar-refractivity contribution >= 4 is 39.1 Å². The lowest BCUT2D eigenvalue weighted by molar-refractivity contribution is -0.133. The lowest BCUT2D eigenvalue weighted by Gasteiger charge is -2.16. The van der Waals surface area contributed by atoms with Crippen LogP contribution in [0.2, 0.25) is 0 Å². The monoisotopic (exact) mass is 383 g/mol. The Morgan fingerprint density at radius 1 is 1.15 bits per heavy atom. The maximum Gasteiger partial charge on any atom is 0.243 e. The van der Waals surface area contributed by atoms with Crippen molar-refractivity contribution < 1.29 is 14.3 Å². The highest BCUT2D eigenvalue weighted by atomic mass is 32.1. The van der Waals surface area contributed by atoms with E-state index >= 15 is 0 Å². The Balaban J connectivity index is 1.48. The summed E-state index contributed by atoms with van der Waals surface area (Å²) in [5.41, 5.74) is 1.62. The van der Waals surface area contributed by atoms with E-state index < -0.39 is 0 Å². The van der Waals surface area contributed by atoms with Crippen LogP contribution in [0.25, 0.3) is 10.2 Å². The van der Waals surface area contributed by atoms with Gasteiger partial charge >= 0.3 is 0 Å². The number of rotatable bonds is 7. The SMILES string of the molecule is COc1ccc(NC(=O)CN(C)C(=O)CCc2nc3ccccc3s2)cc1. The Morgan fingerprint density at radius 2 is 1.89 bits per heavy atom. The first-order valence-corrected chi connectivity index (χ1v) is 9.39. The molecule has 2 amide bonds. The third kappa shape index (κ3) is 5.04. The highest BCUT2D eigenvalue weighted by molar-refractivity contribution is 7.18. The fraction of sp³-hybridized carbons (Fsp3) is 0.250. The van der Waals surface area contributed by atoms with Gasteiger partial charge in [0.1, 0.15) is 5.75 Å². The molecule has 1 heterocycles. The molecular weight excluding hydrogens is 362 g/mol.